The molecule has 1 fully saturated rings. The predicted molar refractivity (Wildman–Crippen MR) is 95.4 cm³/mol. The minimum absolute atomic E-state index is 0.0261. The van der Waals surface area contributed by atoms with Crippen LogP contribution in [0.3, 0.4) is 0 Å². The van der Waals surface area contributed by atoms with Crippen molar-refractivity contribution in [2.75, 3.05) is 25.2 Å². The summed E-state index contributed by atoms with van der Waals surface area (Å²) < 4.78 is 23.7. The SMILES string of the molecule is Cc1ccc(NC(=O)CN(C)C2CCCC2S(C)(=O)=O)c([N+](=O)[O-])c1. The number of aryl methyl sites for hydroxylation is 1. The highest BCUT2D eigenvalue weighted by molar-refractivity contribution is 7.91. The van der Waals surface area contributed by atoms with Crippen LogP contribution < -0.4 is 5.32 Å². The molecule has 2 atom stereocenters. The molecule has 1 aromatic rings. The molecule has 0 radical (unpaired) electrons. The first-order valence-electron chi connectivity index (χ1n) is 8.03. The summed E-state index contributed by atoms with van der Waals surface area (Å²) in [6.07, 6.45) is 3.34. The highest BCUT2D eigenvalue weighted by atomic mass is 32.2. The van der Waals surface area contributed by atoms with Crippen LogP contribution in [-0.4, -0.2) is 55.3 Å². The van der Waals surface area contributed by atoms with Gasteiger partial charge in [0.05, 0.1) is 16.7 Å². The van der Waals surface area contributed by atoms with E-state index in [1.165, 1.54) is 18.4 Å². The van der Waals surface area contributed by atoms with Crippen LogP contribution in [-0.2, 0) is 14.6 Å². The van der Waals surface area contributed by atoms with E-state index in [-0.39, 0.29) is 24.0 Å². The number of amides is 1. The zero-order chi connectivity index (χ0) is 18.8. The summed E-state index contributed by atoms with van der Waals surface area (Å²) in [7, 11) is -1.47. The number of hydrogen-bond donors (Lipinski definition) is 1. The molecular formula is C16H23N3O5S. The van der Waals surface area contributed by atoms with E-state index in [1.54, 1.807) is 24.9 Å². The molecule has 138 valence electrons. The number of carbonyl (C=O) groups is 1. The number of sulfone groups is 1. The normalized spacial score (nSPS) is 20.6. The van der Waals surface area contributed by atoms with Crippen molar-refractivity contribution in [3.8, 4) is 0 Å². The first-order valence-corrected chi connectivity index (χ1v) is 9.99. The molecule has 0 bridgehead atoms. The molecule has 0 spiro atoms. The summed E-state index contributed by atoms with van der Waals surface area (Å²) in [6.45, 7) is 1.71. The number of anilines is 1. The van der Waals surface area contributed by atoms with Crippen LogP contribution in [0.1, 0.15) is 24.8 Å². The molecule has 1 aliphatic carbocycles. The van der Waals surface area contributed by atoms with Gasteiger partial charge in [0.1, 0.15) is 5.69 Å². The van der Waals surface area contributed by atoms with E-state index < -0.39 is 25.9 Å². The second kappa shape index (κ2) is 7.49. The number of nitro benzene ring substituents is 1. The van der Waals surface area contributed by atoms with Gasteiger partial charge in [0.25, 0.3) is 5.69 Å². The van der Waals surface area contributed by atoms with Crippen molar-refractivity contribution in [2.24, 2.45) is 0 Å². The quantitative estimate of drug-likeness (QED) is 0.604. The number of benzene rings is 1. The average molecular weight is 369 g/mol. The fourth-order valence-electron chi connectivity index (χ4n) is 3.34. The number of rotatable bonds is 6. The van der Waals surface area contributed by atoms with Crippen molar-refractivity contribution in [2.45, 2.75) is 37.5 Å². The third-order valence-electron chi connectivity index (χ3n) is 4.55. The largest absolute Gasteiger partial charge is 0.319 e. The van der Waals surface area contributed by atoms with E-state index in [0.717, 1.165) is 12.0 Å². The summed E-state index contributed by atoms with van der Waals surface area (Å²) in [5, 5.41) is 13.2. The molecule has 25 heavy (non-hydrogen) atoms. The van der Waals surface area contributed by atoms with Gasteiger partial charge in [-0.3, -0.25) is 19.8 Å². The Bertz CT molecular complexity index is 778. The molecule has 2 unspecified atom stereocenters. The van der Waals surface area contributed by atoms with Crippen molar-refractivity contribution in [1.29, 1.82) is 0 Å². The molecular weight excluding hydrogens is 346 g/mol. The van der Waals surface area contributed by atoms with Gasteiger partial charge in [-0.05, 0) is 38.4 Å². The van der Waals surface area contributed by atoms with Crippen LogP contribution in [0.4, 0.5) is 11.4 Å². The van der Waals surface area contributed by atoms with Crippen molar-refractivity contribution in [3.63, 3.8) is 0 Å². The van der Waals surface area contributed by atoms with Gasteiger partial charge in [0.15, 0.2) is 9.84 Å². The van der Waals surface area contributed by atoms with Gasteiger partial charge in [-0.1, -0.05) is 12.5 Å². The molecule has 8 nitrogen and oxygen atoms in total. The number of hydrogen-bond acceptors (Lipinski definition) is 6. The number of nitro groups is 1. The Labute approximate surface area is 147 Å². The fourth-order valence-corrected chi connectivity index (χ4v) is 4.85. The van der Waals surface area contributed by atoms with Crippen molar-refractivity contribution >= 4 is 27.1 Å². The summed E-state index contributed by atoms with van der Waals surface area (Å²) in [5.41, 5.74) is 0.703. The molecule has 0 saturated heterocycles. The lowest BCUT2D eigenvalue weighted by atomic mass is 10.2. The van der Waals surface area contributed by atoms with Crippen LogP contribution in [0.15, 0.2) is 18.2 Å². The number of nitrogens with one attached hydrogen (secondary N) is 1. The Hall–Kier alpha value is -2.00. The first kappa shape index (κ1) is 19.3. The van der Waals surface area contributed by atoms with Crippen LogP contribution in [0, 0.1) is 17.0 Å². The van der Waals surface area contributed by atoms with E-state index in [0.29, 0.717) is 12.8 Å². The van der Waals surface area contributed by atoms with Crippen molar-refractivity contribution in [1.82, 2.24) is 4.90 Å². The van der Waals surface area contributed by atoms with Gasteiger partial charge >= 0.3 is 0 Å². The van der Waals surface area contributed by atoms with E-state index in [4.69, 9.17) is 0 Å². The van der Waals surface area contributed by atoms with Crippen LogP contribution in [0.5, 0.6) is 0 Å². The lowest BCUT2D eigenvalue weighted by Gasteiger charge is -2.28. The lowest BCUT2D eigenvalue weighted by Crippen LogP contribution is -2.44. The molecule has 1 amide bonds. The molecule has 2 rings (SSSR count). The van der Waals surface area contributed by atoms with Crippen LogP contribution in [0.25, 0.3) is 0 Å². The summed E-state index contributed by atoms with van der Waals surface area (Å²) >= 11 is 0. The van der Waals surface area contributed by atoms with Gasteiger partial charge in [-0.15, -0.1) is 0 Å². The monoisotopic (exact) mass is 369 g/mol. The van der Waals surface area contributed by atoms with Crippen molar-refractivity contribution < 1.29 is 18.1 Å². The highest BCUT2D eigenvalue weighted by Gasteiger charge is 2.37. The Morgan fingerprint density at radius 2 is 2.08 bits per heavy atom. The maximum atomic E-state index is 12.3. The van der Waals surface area contributed by atoms with Crippen LogP contribution in [0.2, 0.25) is 0 Å². The molecule has 1 aliphatic rings. The highest BCUT2D eigenvalue weighted by Crippen LogP contribution is 2.29. The van der Waals surface area contributed by atoms with E-state index >= 15 is 0 Å². The fraction of sp³-hybridized carbons (Fsp3) is 0.562. The predicted octanol–water partition coefficient (Wildman–Crippen LogP) is 1.74. The van der Waals surface area contributed by atoms with E-state index in [1.807, 2.05) is 0 Å². The van der Waals surface area contributed by atoms with Gasteiger partial charge in [-0.2, -0.15) is 0 Å². The van der Waals surface area contributed by atoms with Crippen molar-refractivity contribution in [3.05, 3.63) is 33.9 Å². The Balaban J connectivity index is 2.07. The third kappa shape index (κ3) is 4.76. The molecule has 9 heteroatoms. The Morgan fingerprint density at radius 3 is 2.68 bits per heavy atom. The first-order chi connectivity index (χ1) is 11.6. The zero-order valence-corrected chi connectivity index (χ0v) is 15.4. The van der Waals surface area contributed by atoms with Gasteiger partial charge in [-0.25, -0.2) is 8.42 Å². The summed E-state index contributed by atoms with van der Waals surface area (Å²) in [6, 6.07) is 4.37. The standard InChI is InChI=1S/C16H23N3O5S/c1-11-7-8-12(14(9-11)19(21)22)17-16(20)10-18(2)13-5-4-6-15(13)25(3,23)24/h7-9,13,15H,4-6,10H2,1-3H3,(H,17,20). The number of nitrogens with zero attached hydrogens (tertiary/aromatic N) is 2. The maximum Gasteiger partial charge on any atom is 0.293 e. The molecule has 0 aliphatic heterocycles. The van der Waals surface area contributed by atoms with Crippen LogP contribution >= 0.6 is 0 Å². The van der Waals surface area contributed by atoms with E-state index in [2.05, 4.69) is 5.32 Å². The molecule has 1 aromatic carbocycles. The minimum atomic E-state index is -3.18. The zero-order valence-electron chi connectivity index (χ0n) is 14.6. The summed E-state index contributed by atoms with van der Waals surface area (Å²) in [4.78, 5) is 24.6. The van der Waals surface area contributed by atoms with Gasteiger partial charge < -0.3 is 5.32 Å². The number of likely N-dealkylation sites (N-methyl/N-ethyl adjacent to an activating group) is 1. The molecule has 1 saturated carbocycles. The average Bonchev–Trinajstić information content (AvgIpc) is 2.98. The smallest absolute Gasteiger partial charge is 0.293 e. The lowest BCUT2D eigenvalue weighted by molar-refractivity contribution is -0.384. The van der Waals surface area contributed by atoms with Gasteiger partial charge in [0, 0.05) is 18.4 Å². The Morgan fingerprint density at radius 1 is 1.40 bits per heavy atom. The van der Waals surface area contributed by atoms with E-state index in [9.17, 15) is 23.3 Å². The number of carbonyl (C=O) groups excluding carboxylic acids is 1. The minimum Gasteiger partial charge on any atom is -0.319 e. The maximum absolute atomic E-state index is 12.3. The molecule has 0 heterocycles. The topological polar surface area (TPSA) is 110 Å². The third-order valence-corrected chi connectivity index (χ3v) is 6.20. The second-order valence-electron chi connectivity index (χ2n) is 6.61. The second-order valence-corrected chi connectivity index (χ2v) is 8.87. The molecule has 0 aromatic heterocycles. The Kier molecular flexibility index (Phi) is 5.79. The van der Waals surface area contributed by atoms with Gasteiger partial charge in [0.2, 0.25) is 5.91 Å². The molecule has 1 N–H and O–H groups in total. The summed E-state index contributed by atoms with van der Waals surface area (Å²) in [5.74, 6) is -0.409.